The van der Waals surface area contributed by atoms with Crippen molar-refractivity contribution >= 4 is 17.0 Å². The van der Waals surface area contributed by atoms with Crippen LogP contribution in [-0.2, 0) is 0 Å². The van der Waals surface area contributed by atoms with Gasteiger partial charge in [0.2, 0.25) is 0 Å². The van der Waals surface area contributed by atoms with Crippen molar-refractivity contribution in [2.75, 3.05) is 0 Å². The molecule has 0 saturated carbocycles. The van der Waals surface area contributed by atoms with E-state index in [4.69, 9.17) is 0 Å². The molecule has 5 heteroatoms. The highest BCUT2D eigenvalue weighted by Gasteiger charge is 2.17. The van der Waals surface area contributed by atoms with Crippen LogP contribution in [0.25, 0.3) is 16.7 Å². The molecule has 0 unspecified atom stereocenters. The molecule has 3 rings (SSSR count). The van der Waals surface area contributed by atoms with Gasteiger partial charge >= 0.3 is 5.97 Å². The van der Waals surface area contributed by atoms with E-state index in [0.717, 1.165) is 5.56 Å². The SMILES string of the molecule is Cc1ccc(F)c(-n2c(C)nc3c(C(=O)O)cccc32)c1. The maximum Gasteiger partial charge on any atom is 0.337 e. The first kappa shape index (κ1) is 13.3. The van der Waals surface area contributed by atoms with E-state index in [9.17, 15) is 14.3 Å². The van der Waals surface area contributed by atoms with Crippen molar-refractivity contribution in [3.05, 3.63) is 59.2 Å². The standard InChI is InChI=1S/C16H13FN2O2/c1-9-6-7-12(17)14(8-9)19-10(2)18-15-11(16(20)21)4-3-5-13(15)19/h3-8H,1-2H3,(H,20,21). The van der Waals surface area contributed by atoms with Crippen molar-refractivity contribution in [2.45, 2.75) is 13.8 Å². The summed E-state index contributed by atoms with van der Waals surface area (Å²) in [5.74, 6) is -0.873. The Morgan fingerprint density at radius 1 is 1.24 bits per heavy atom. The zero-order valence-electron chi connectivity index (χ0n) is 11.6. The maximum absolute atomic E-state index is 14.1. The predicted molar refractivity (Wildman–Crippen MR) is 77.5 cm³/mol. The molecule has 0 aliphatic heterocycles. The van der Waals surface area contributed by atoms with Gasteiger partial charge in [-0.2, -0.15) is 0 Å². The number of carboxylic acids is 1. The molecular weight excluding hydrogens is 271 g/mol. The first-order chi connectivity index (χ1) is 9.99. The highest BCUT2D eigenvalue weighted by atomic mass is 19.1. The summed E-state index contributed by atoms with van der Waals surface area (Å²) in [7, 11) is 0. The summed E-state index contributed by atoms with van der Waals surface area (Å²) in [6.45, 7) is 3.60. The second-order valence-electron chi connectivity index (χ2n) is 4.93. The minimum atomic E-state index is -1.05. The second-order valence-corrected chi connectivity index (χ2v) is 4.93. The summed E-state index contributed by atoms with van der Waals surface area (Å²) in [6, 6.07) is 9.68. The average Bonchev–Trinajstić information content (AvgIpc) is 2.77. The van der Waals surface area contributed by atoms with Crippen LogP contribution in [-0.4, -0.2) is 20.6 Å². The zero-order valence-corrected chi connectivity index (χ0v) is 11.6. The third-order valence-electron chi connectivity index (χ3n) is 3.43. The average molecular weight is 284 g/mol. The van der Waals surface area contributed by atoms with Crippen LogP contribution in [0.3, 0.4) is 0 Å². The molecular formula is C16H13FN2O2. The number of aromatic carboxylic acids is 1. The Morgan fingerprint density at radius 3 is 2.71 bits per heavy atom. The molecule has 0 fully saturated rings. The number of fused-ring (bicyclic) bond motifs is 1. The van der Waals surface area contributed by atoms with Gasteiger partial charge in [0.15, 0.2) is 0 Å². The fourth-order valence-electron chi connectivity index (χ4n) is 2.49. The Balaban J connectivity index is 2.38. The Hall–Kier alpha value is -2.69. The number of para-hydroxylation sites is 1. The summed E-state index contributed by atoms with van der Waals surface area (Å²) in [4.78, 5) is 15.6. The molecule has 0 spiro atoms. The van der Waals surface area contributed by atoms with Crippen molar-refractivity contribution in [1.29, 1.82) is 0 Å². The van der Waals surface area contributed by atoms with Crippen molar-refractivity contribution in [1.82, 2.24) is 9.55 Å². The molecule has 0 aliphatic carbocycles. The lowest BCUT2D eigenvalue weighted by atomic mass is 10.1. The minimum absolute atomic E-state index is 0.113. The van der Waals surface area contributed by atoms with E-state index in [-0.39, 0.29) is 11.4 Å². The molecule has 106 valence electrons. The lowest BCUT2D eigenvalue weighted by Gasteiger charge is -2.09. The first-order valence-corrected chi connectivity index (χ1v) is 6.47. The molecule has 0 atom stereocenters. The van der Waals surface area contributed by atoms with E-state index < -0.39 is 5.97 Å². The van der Waals surface area contributed by atoms with Crippen LogP contribution in [0.2, 0.25) is 0 Å². The highest BCUT2D eigenvalue weighted by Crippen LogP contribution is 2.26. The second kappa shape index (κ2) is 4.70. The van der Waals surface area contributed by atoms with E-state index >= 15 is 0 Å². The van der Waals surface area contributed by atoms with Crippen LogP contribution in [0.1, 0.15) is 21.7 Å². The van der Waals surface area contributed by atoms with Crippen LogP contribution in [0.4, 0.5) is 4.39 Å². The highest BCUT2D eigenvalue weighted by molar-refractivity contribution is 6.01. The zero-order chi connectivity index (χ0) is 15.1. The monoisotopic (exact) mass is 284 g/mol. The third-order valence-corrected chi connectivity index (χ3v) is 3.43. The number of hydrogen-bond donors (Lipinski definition) is 1. The van der Waals surface area contributed by atoms with E-state index in [0.29, 0.717) is 22.5 Å². The molecule has 0 radical (unpaired) electrons. The first-order valence-electron chi connectivity index (χ1n) is 6.47. The Bertz CT molecular complexity index is 868. The molecule has 2 aromatic carbocycles. The Kier molecular flexibility index (Phi) is 2.97. The van der Waals surface area contributed by atoms with E-state index in [1.165, 1.54) is 12.1 Å². The van der Waals surface area contributed by atoms with Crippen molar-refractivity contribution in [3.63, 3.8) is 0 Å². The quantitative estimate of drug-likeness (QED) is 0.783. The molecule has 21 heavy (non-hydrogen) atoms. The van der Waals surface area contributed by atoms with Gasteiger partial charge in [-0.05, 0) is 43.7 Å². The maximum atomic E-state index is 14.1. The molecule has 0 bridgehead atoms. The summed E-state index contributed by atoms with van der Waals surface area (Å²) < 4.78 is 15.8. The Labute approximate surface area is 120 Å². The fraction of sp³-hybridized carbons (Fsp3) is 0.125. The molecule has 1 heterocycles. The Morgan fingerprint density at radius 2 is 2.00 bits per heavy atom. The van der Waals surface area contributed by atoms with Crippen molar-refractivity contribution in [2.24, 2.45) is 0 Å². The molecule has 1 N–H and O–H groups in total. The van der Waals surface area contributed by atoms with Crippen LogP contribution in [0.15, 0.2) is 36.4 Å². The molecule has 4 nitrogen and oxygen atoms in total. The van der Waals surface area contributed by atoms with Gasteiger partial charge in [0, 0.05) is 0 Å². The van der Waals surface area contributed by atoms with Crippen LogP contribution in [0, 0.1) is 19.7 Å². The normalized spacial score (nSPS) is 11.0. The number of rotatable bonds is 2. The topological polar surface area (TPSA) is 55.1 Å². The lowest BCUT2D eigenvalue weighted by molar-refractivity contribution is 0.0699. The van der Waals surface area contributed by atoms with Crippen LogP contribution in [0.5, 0.6) is 0 Å². The number of imidazole rings is 1. The summed E-state index contributed by atoms with van der Waals surface area (Å²) in [6.07, 6.45) is 0. The molecule has 1 aromatic heterocycles. The number of hydrogen-bond acceptors (Lipinski definition) is 2. The van der Waals surface area contributed by atoms with E-state index in [1.807, 2.05) is 6.92 Å². The smallest absolute Gasteiger partial charge is 0.337 e. The van der Waals surface area contributed by atoms with Gasteiger partial charge in [0.1, 0.15) is 17.2 Å². The van der Waals surface area contributed by atoms with E-state index in [1.54, 1.807) is 35.8 Å². The van der Waals surface area contributed by atoms with Crippen LogP contribution >= 0.6 is 0 Å². The summed E-state index contributed by atoms with van der Waals surface area (Å²) in [5.41, 5.74) is 2.35. The fourth-order valence-corrected chi connectivity index (χ4v) is 2.49. The van der Waals surface area contributed by atoms with Gasteiger partial charge in [0.25, 0.3) is 0 Å². The predicted octanol–water partition coefficient (Wildman–Crippen LogP) is 3.48. The number of nitrogens with zero attached hydrogens (tertiary/aromatic N) is 2. The lowest BCUT2D eigenvalue weighted by Crippen LogP contribution is -2.01. The van der Waals surface area contributed by atoms with Crippen LogP contribution < -0.4 is 0 Å². The van der Waals surface area contributed by atoms with Gasteiger partial charge in [-0.1, -0.05) is 12.1 Å². The van der Waals surface area contributed by atoms with Gasteiger partial charge in [-0.15, -0.1) is 0 Å². The summed E-state index contributed by atoms with van der Waals surface area (Å²) in [5, 5.41) is 9.23. The summed E-state index contributed by atoms with van der Waals surface area (Å²) >= 11 is 0. The van der Waals surface area contributed by atoms with Gasteiger partial charge in [-0.3, -0.25) is 4.57 Å². The van der Waals surface area contributed by atoms with Gasteiger partial charge < -0.3 is 5.11 Å². The number of aromatic nitrogens is 2. The molecule has 0 saturated heterocycles. The largest absolute Gasteiger partial charge is 0.478 e. The van der Waals surface area contributed by atoms with Gasteiger partial charge in [0.05, 0.1) is 16.8 Å². The minimum Gasteiger partial charge on any atom is -0.478 e. The number of benzene rings is 2. The number of halogens is 1. The van der Waals surface area contributed by atoms with Crippen molar-refractivity contribution < 1.29 is 14.3 Å². The van der Waals surface area contributed by atoms with Crippen molar-refractivity contribution in [3.8, 4) is 5.69 Å². The number of carbonyl (C=O) groups is 1. The number of aryl methyl sites for hydroxylation is 2. The number of carboxylic acid groups (broad SMARTS) is 1. The molecule has 3 aromatic rings. The molecule has 0 amide bonds. The van der Waals surface area contributed by atoms with Gasteiger partial charge in [-0.25, -0.2) is 14.2 Å². The third kappa shape index (κ3) is 2.07. The van der Waals surface area contributed by atoms with E-state index in [2.05, 4.69) is 4.98 Å². The molecule has 0 aliphatic rings.